The summed E-state index contributed by atoms with van der Waals surface area (Å²) in [6, 6.07) is 0. The molecule has 0 aromatic rings. The molecule has 5 fully saturated rings. The fourth-order valence-corrected chi connectivity index (χ4v) is 8.90. The Hall–Kier alpha value is -1.63. The monoisotopic (exact) mass is 526 g/mol. The van der Waals surface area contributed by atoms with E-state index < -0.39 is 59.8 Å². The number of hydrogen-bond acceptors (Lipinski definition) is 9. The Morgan fingerprint density at radius 1 is 0.946 bits per heavy atom. The van der Waals surface area contributed by atoms with E-state index in [-0.39, 0.29) is 47.7 Å². The average molecular weight is 527 g/mol. The molecule has 0 spiro atoms. The molecule has 1 saturated heterocycles. The van der Waals surface area contributed by atoms with Crippen molar-refractivity contribution in [1.29, 1.82) is 0 Å². The van der Waals surface area contributed by atoms with Crippen molar-refractivity contribution in [2.24, 2.45) is 34.5 Å². The van der Waals surface area contributed by atoms with E-state index >= 15 is 0 Å². The van der Waals surface area contributed by atoms with Gasteiger partial charge in [0.2, 0.25) is 0 Å². The second-order valence-electron chi connectivity index (χ2n) is 12.6. The summed E-state index contributed by atoms with van der Waals surface area (Å²) in [4.78, 5) is 36.8. The zero-order valence-corrected chi connectivity index (χ0v) is 21.2. The van der Waals surface area contributed by atoms with Crippen LogP contribution in [0.1, 0.15) is 65.2 Å². The number of carbonyl (C=O) groups is 3. The normalized spacial score (nSPS) is 53.6. The summed E-state index contributed by atoms with van der Waals surface area (Å²) in [5, 5.41) is 60.5. The molecule has 0 radical (unpaired) electrons. The topological polar surface area (TPSA) is 191 Å². The molecule has 0 bridgehead atoms. The van der Waals surface area contributed by atoms with E-state index in [1.54, 1.807) is 0 Å². The zero-order chi connectivity index (χ0) is 27.1. The maximum absolute atomic E-state index is 13.3. The van der Waals surface area contributed by atoms with Crippen LogP contribution in [0.3, 0.4) is 0 Å². The fraction of sp³-hybridized carbons (Fsp3) is 0.885. The molecule has 4 saturated carbocycles. The predicted molar refractivity (Wildman–Crippen MR) is 124 cm³/mol. The first-order valence-electron chi connectivity index (χ1n) is 13.3. The summed E-state index contributed by atoms with van der Waals surface area (Å²) in [6.07, 6.45) is -5.21. The van der Waals surface area contributed by atoms with Gasteiger partial charge in [-0.15, -0.1) is 0 Å². The smallest absolute Gasteiger partial charge is 0.336 e. The summed E-state index contributed by atoms with van der Waals surface area (Å²) < 4.78 is 11.0. The van der Waals surface area contributed by atoms with E-state index in [9.17, 15) is 45.0 Å². The third-order valence-corrected chi connectivity index (χ3v) is 11.1. The van der Waals surface area contributed by atoms with E-state index in [1.807, 2.05) is 6.92 Å². The number of ether oxygens (including phenoxy) is 2. The lowest BCUT2D eigenvalue weighted by molar-refractivity contribution is -0.305. The van der Waals surface area contributed by atoms with Gasteiger partial charge >= 0.3 is 11.9 Å². The molecular formula is C26H38O11. The molecule has 6 N–H and O–H groups in total. The van der Waals surface area contributed by atoms with E-state index in [4.69, 9.17) is 9.47 Å². The van der Waals surface area contributed by atoms with Gasteiger partial charge < -0.3 is 40.1 Å². The number of fused-ring (bicyclic) bond motifs is 5. The van der Waals surface area contributed by atoms with Crippen LogP contribution in [0, 0.1) is 34.5 Å². The van der Waals surface area contributed by atoms with Crippen molar-refractivity contribution in [2.45, 2.75) is 108 Å². The number of aliphatic hydroxyl groups excluding tert-OH is 3. The van der Waals surface area contributed by atoms with E-state index in [2.05, 4.69) is 6.92 Å². The molecule has 0 aromatic heterocycles. The summed E-state index contributed by atoms with van der Waals surface area (Å²) in [6.45, 7) is 4.03. The highest BCUT2D eigenvalue weighted by Gasteiger charge is 2.67. The van der Waals surface area contributed by atoms with Gasteiger partial charge in [0, 0.05) is 11.8 Å². The number of carboxylic acid groups (broad SMARTS) is 2. The summed E-state index contributed by atoms with van der Waals surface area (Å²) in [5.41, 5.74) is -2.75. The Kier molecular flexibility index (Phi) is 6.53. The molecule has 13 atom stereocenters. The van der Waals surface area contributed by atoms with Crippen LogP contribution in [0.5, 0.6) is 0 Å². The Bertz CT molecular complexity index is 970. The molecule has 1 aliphatic heterocycles. The predicted octanol–water partition coefficient (Wildman–Crippen LogP) is 0.301. The number of aliphatic hydroxyl groups is 4. The lowest BCUT2D eigenvalue weighted by Crippen LogP contribution is -2.62. The first-order chi connectivity index (χ1) is 17.2. The Balaban J connectivity index is 1.32. The SMILES string of the molecule is C[C@]12CC(=O)[C@@H](O[C@@H]3O[C@H](C(=O)O)[C@@H](O)[C@H](O)[C@H]3O)C[C@H]1CC[C@@H]1[C@@H]2CC[C@@]2(C)[C@H]1CC[C@]2(O)C(=O)O. The molecule has 0 amide bonds. The molecule has 1 heterocycles. The van der Waals surface area contributed by atoms with Gasteiger partial charge in [0.15, 0.2) is 23.8 Å². The van der Waals surface area contributed by atoms with Gasteiger partial charge in [-0.05, 0) is 74.0 Å². The van der Waals surface area contributed by atoms with Crippen molar-refractivity contribution in [3.8, 4) is 0 Å². The lowest BCUT2D eigenvalue weighted by atomic mass is 9.44. The second-order valence-corrected chi connectivity index (χ2v) is 12.6. The minimum absolute atomic E-state index is 0.0702. The van der Waals surface area contributed by atoms with Gasteiger partial charge in [-0.25, -0.2) is 9.59 Å². The molecule has 4 aliphatic carbocycles. The third kappa shape index (κ3) is 3.80. The molecule has 37 heavy (non-hydrogen) atoms. The van der Waals surface area contributed by atoms with Gasteiger partial charge in [0.1, 0.15) is 24.4 Å². The van der Waals surface area contributed by atoms with Crippen molar-refractivity contribution in [3.05, 3.63) is 0 Å². The highest BCUT2D eigenvalue weighted by atomic mass is 16.7. The molecule has 0 unspecified atom stereocenters. The van der Waals surface area contributed by atoms with Crippen molar-refractivity contribution in [3.63, 3.8) is 0 Å². The maximum atomic E-state index is 13.3. The fourth-order valence-electron chi connectivity index (χ4n) is 8.90. The van der Waals surface area contributed by atoms with E-state index in [0.717, 1.165) is 19.3 Å². The largest absolute Gasteiger partial charge is 0.479 e. The van der Waals surface area contributed by atoms with Gasteiger partial charge in [0.05, 0.1) is 0 Å². The third-order valence-electron chi connectivity index (χ3n) is 11.1. The van der Waals surface area contributed by atoms with Crippen LogP contribution in [0.15, 0.2) is 0 Å². The minimum atomic E-state index is -1.83. The minimum Gasteiger partial charge on any atom is -0.479 e. The molecule has 11 heteroatoms. The van der Waals surface area contributed by atoms with Crippen molar-refractivity contribution >= 4 is 17.7 Å². The molecule has 11 nitrogen and oxygen atoms in total. The van der Waals surface area contributed by atoms with Gasteiger partial charge in [-0.3, -0.25) is 4.79 Å². The molecule has 0 aromatic carbocycles. The van der Waals surface area contributed by atoms with Crippen molar-refractivity contribution in [1.82, 2.24) is 0 Å². The Morgan fingerprint density at radius 3 is 2.27 bits per heavy atom. The number of carboxylic acids is 2. The number of aliphatic carboxylic acids is 2. The first kappa shape index (κ1) is 27.0. The summed E-state index contributed by atoms with van der Waals surface area (Å²) in [7, 11) is 0. The van der Waals surface area contributed by atoms with E-state index in [1.165, 1.54) is 0 Å². The van der Waals surface area contributed by atoms with Crippen LogP contribution in [0.4, 0.5) is 0 Å². The molecular weight excluding hydrogens is 488 g/mol. The number of hydrogen-bond donors (Lipinski definition) is 6. The van der Waals surface area contributed by atoms with Gasteiger partial charge in [-0.2, -0.15) is 0 Å². The highest BCUT2D eigenvalue weighted by Crippen LogP contribution is 2.68. The van der Waals surface area contributed by atoms with Crippen LogP contribution >= 0.6 is 0 Å². The quantitative estimate of drug-likeness (QED) is 0.276. The average Bonchev–Trinajstić information content (AvgIpc) is 3.11. The number of ketones is 1. The number of rotatable bonds is 4. The molecule has 5 aliphatic rings. The summed E-state index contributed by atoms with van der Waals surface area (Å²) in [5.74, 6) is -2.25. The Labute approximate surface area is 214 Å². The highest BCUT2D eigenvalue weighted by molar-refractivity contribution is 5.85. The zero-order valence-electron chi connectivity index (χ0n) is 21.2. The Morgan fingerprint density at radius 2 is 1.62 bits per heavy atom. The van der Waals surface area contributed by atoms with Gasteiger partial charge in [-0.1, -0.05) is 13.8 Å². The van der Waals surface area contributed by atoms with Crippen molar-refractivity contribution in [2.75, 3.05) is 0 Å². The summed E-state index contributed by atoms with van der Waals surface area (Å²) >= 11 is 0. The second kappa shape index (κ2) is 8.96. The molecule has 208 valence electrons. The standard InChI is InChI=1S/C26H38O11/c1-24-10-15(27)16(36-22-19(30)17(28)18(29)20(37-22)21(31)32)9-11(24)3-4-12-13(24)5-7-25(2)14(12)6-8-26(25,35)23(33)34/h11-14,16-20,22,28-30,35H,3-10H2,1-2H3,(H,31,32)(H,33,34)/t11-,12-,13+,14+,16+,17+,18+,19-,20+,22-,24+,25+,26+/m1/s1. The number of carbonyl (C=O) groups excluding carboxylic acids is 1. The van der Waals surface area contributed by atoms with Crippen LogP contribution in [-0.4, -0.2) is 90.8 Å². The van der Waals surface area contributed by atoms with Crippen LogP contribution in [-0.2, 0) is 23.9 Å². The lowest BCUT2D eigenvalue weighted by Gasteiger charge is -2.61. The van der Waals surface area contributed by atoms with Gasteiger partial charge in [0.25, 0.3) is 0 Å². The first-order valence-corrected chi connectivity index (χ1v) is 13.3. The van der Waals surface area contributed by atoms with Crippen LogP contribution in [0.2, 0.25) is 0 Å². The van der Waals surface area contributed by atoms with Crippen molar-refractivity contribution < 1.29 is 54.5 Å². The van der Waals surface area contributed by atoms with Crippen LogP contribution < -0.4 is 0 Å². The number of Topliss-reactive ketones (excluding diaryl/α,β-unsaturated/α-hetero) is 1. The van der Waals surface area contributed by atoms with E-state index in [0.29, 0.717) is 19.3 Å². The molecule has 5 rings (SSSR count). The van der Waals surface area contributed by atoms with Crippen LogP contribution in [0.25, 0.3) is 0 Å². The maximum Gasteiger partial charge on any atom is 0.336 e.